The lowest BCUT2D eigenvalue weighted by Gasteiger charge is -2.34. The standard InChI is InChI=1S/C17H25N/c1-12-8-9-15(11-13(12)2)16-7-3-5-14-6-4-10-18-17(14)16/h3,5,7,12-13,15,18H,4,6,8-11H2,1-2H3. The molecule has 1 nitrogen and oxygen atoms in total. The molecule has 1 heterocycles. The van der Waals surface area contributed by atoms with Gasteiger partial charge in [-0.1, -0.05) is 32.0 Å². The van der Waals surface area contributed by atoms with Gasteiger partial charge in [-0.05, 0) is 61.0 Å². The van der Waals surface area contributed by atoms with Crippen molar-refractivity contribution in [3.8, 4) is 0 Å². The van der Waals surface area contributed by atoms with Gasteiger partial charge in [-0.2, -0.15) is 0 Å². The monoisotopic (exact) mass is 243 g/mol. The summed E-state index contributed by atoms with van der Waals surface area (Å²) in [5.41, 5.74) is 4.63. The Bertz CT molecular complexity index is 424. The zero-order valence-corrected chi connectivity index (χ0v) is 11.7. The number of nitrogens with one attached hydrogen (secondary N) is 1. The molecule has 0 saturated heterocycles. The summed E-state index contributed by atoms with van der Waals surface area (Å²) in [7, 11) is 0. The van der Waals surface area contributed by atoms with E-state index < -0.39 is 0 Å². The molecule has 3 rings (SSSR count). The second-order valence-electron chi connectivity index (χ2n) is 6.38. The molecule has 0 amide bonds. The molecular formula is C17H25N. The summed E-state index contributed by atoms with van der Waals surface area (Å²) in [5.74, 6) is 2.58. The zero-order valence-electron chi connectivity index (χ0n) is 11.7. The number of hydrogen-bond donors (Lipinski definition) is 1. The molecule has 1 N–H and O–H groups in total. The molecule has 18 heavy (non-hydrogen) atoms. The van der Waals surface area contributed by atoms with Crippen LogP contribution in [0.5, 0.6) is 0 Å². The van der Waals surface area contributed by atoms with Gasteiger partial charge < -0.3 is 5.32 Å². The summed E-state index contributed by atoms with van der Waals surface area (Å²) in [6.07, 6.45) is 6.70. The number of para-hydroxylation sites is 1. The van der Waals surface area contributed by atoms with E-state index in [1.54, 1.807) is 11.1 Å². The zero-order chi connectivity index (χ0) is 12.5. The lowest BCUT2D eigenvalue weighted by Crippen LogP contribution is -2.22. The third-order valence-electron chi connectivity index (χ3n) is 5.15. The maximum absolute atomic E-state index is 3.65. The third-order valence-corrected chi connectivity index (χ3v) is 5.15. The van der Waals surface area contributed by atoms with Crippen molar-refractivity contribution in [1.29, 1.82) is 0 Å². The molecule has 1 saturated carbocycles. The Hall–Kier alpha value is -0.980. The SMILES string of the molecule is CC1CCC(c2cccc3c2NCCC3)CC1C. The predicted octanol–water partition coefficient (Wildman–Crippen LogP) is 4.58. The molecule has 1 aromatic carbocycles. The summed E-state index contributed by atoms with van der Waals surface area (Å²) in [6.45, 7) is 6.00. The van der Waals surface area contributed by atoms with Gasteiger partial charge in [0.05, 0.1) is 0 Å². The summed E-state index contributed by atoms with van der Waals surface area (Å²) < 4.78 is 0. The first-order chi connectivity index (χ1) is 8.75. The largest absolute Gasteiger partial charge is 0.385 e. The molecule has 3 unspecified atom stereocenters. The molecule has 0 radical (unpaired) electrons. The topological polar surface area (TPSA) is 12.0 Å². The normalized spacial score (nSPS) is 31.6. The molecule has 0 aromatic heterocycles. The second-order valence-corrected chi connectivity index (χ2v) is 6.38. The number of fused-ring (bicyclic) bond motifs is 1. The third kappa shape index (κ3) is 2.15. The van der Waals surface area contributed by atoms with Gasteiger partial charge in [0.25, 0.3) is 0 Å². The maximum Gasteiger partial charge on any atom is 0.0408 e. The van der Waals surface area contributed by atoms with Crippen LogP contribution < -0.4 is 5.32 Å². The number of hydrogen-bond acceptors (Lipinski definition) is 1. The Morgan fingerprint density at radius 1 is 1.11 bits per heavy atom. The van der Waals surface area contributed by atoms with E-state index in [4.69, 9.17) is 0 Å². The van der Waals surface area contributed by atoms with Crippen LogP contribution in [0.15, 0.2) is 18.2 Å². The van der Waals surface area contributed by atoms with Crippen molar-refractivity contribution in [3.63, 3.8) is 0 Å². The van der Waals surface area contributed by atoms with Gasteiger partial charge >= 0.3 is 0 Å². The van der Waals surface area contributed by atoms with Crippen LogP contribution in [0.1, 0.15) is 56.6 Å². The maximum atomic E-state index is 3.65. The van der Waals surface area contributed by atoms with Crippen molar-refractivity contribution in [1.82, 2.24) is 0 Å². The summed E-state index contributed by atoms with van der Waals surface area (Å²) in [5, 5.41) is 3.65. The number of rotatable bonds is 1. The van der Waals surface area contributed by atoms with E-state index in [2.05, 4.69) is 37.4 Å². The lowest BCUT2D eigenvalue weighted by molar-refractivity contribution is 0.250. The van der Waals surface area contributed by atoms with Gasteiger partial charge in [0.1, 0.15) is 0 Å². The average molecular weight is 243 g/mol. The molecule has 1 fully saturated rings. The summed E-state index contributed by atoms with van der Waals surface area (Å²) >= 11 is 0. The van der Waals surface area contributed by atoms with E-state index in [9.17, 15) is 0 Å². The molecule has 1 aliphatic carbocycles. The van der Waals surface area contributed by atoms with E-state index in [-0.39, 0.29) is 0 Å². The molecule has 3 atom stereocenters. The van der Waals surface area contributed by atoms with E-state index in [0.717, 1.165) is 24.3 Å². The Kier molecular flexibility index (Phi) is 3.32. The highest BCUT2D eigenvalue weighted by atomic mass is 14.9. The first-order valence-electron chi connectivity index (χ1n) is 7.61. The lowest BCUT2D eigenvalue weighted by atomic mass is 9.72. The second kappa shape index (κ2) is 4.95. The Morgan fingerprint density at radius 3 is 2.83 bits per heavy atom. The minimum absolute atomic E-state index is 0.789. The highest BCUT2D eigenvalue weighted by Gasteiger charge is 2.27. The van der Waals surface area contributed by atoms with Crippen LogP contribution in [-0.4, -0.2) is 6.54 Å². The molecule has 1 aliphatic heterocycles. The minimum Gasteiger partial charge on any atom is -0.385 e. The quantitative estimate of drug-likeness (QED) is 0.761. The van der Waals surface area contributed by atoms with Crippen LogP contribution in [0.3, 0.4) is 0 Å². The van der Waals surface area contributed by atoms with Crippen LogP contribution in [-0.2, 0) is 6.42 Å². The van der Waals surface area contributed by atoms with Crippen molar-refractivity contribution in [3.05, 3.63) is 29.3 Å². The van der Waals surface area contributed by atoms with Gasteiger partial charge in [0, 0.05) is 12.2 Å². The highest BCUT2D eigenvalue weighted by Crippen LogP contribution is 2.42. The highest BCUT2D eigenvalue weighted by molar-refractivity contribution is 5.60. The fourth-order valence-corrected chi connectivity index (χ4v) is 3.71. The van der Waals surface area contributed by atoms with Crippen molar-refractivity contribution in [2.24, 2.45) is 11.8 Å². The van der Waals surface area contributed by atoms with E-state index in [1.807, 2.05) is 0 Å². The minimum atomic E-state index is 0.789. The van der Waals surface area contributed by atoms with E-state index in [0.29, 0.717) is 0 Å². The van der Waals surface area contributed by atoms with Crippen LogP contribution in [0.4, 0.5) is 5.69 Å². The van der Waals surface area contributed by atoms with Crippen molar-refractivity contribution in [2.45, 2.75) is 51.9 Å². The molecule has 2 aliphatic rings. The predicted molar refractivity (Wildman–Crippen MR) is 78.2 cm³/mol. The number of aryl methyl sites for hydroxylation is 1. The summed E-state index contributed by atoms with van der Waals surface area (Å²) in [6, 6.07) is 6.94. The van der Waals surface area contributed by atoms with E-state index in [1.165, 1.54) is 37.8 Å². The Labute approximate surface area is 111 Å². The Morgan fingerprint density at radius 2 is 2.00 bits per heavy atom. The molecule has 0 bridgehead atoms. The van der Waals surface area contributed by atoms with Crippen molar-refractivity contribution >= 4 is 5.69 Å². The van der Waals surface area contributed by atoms with Gasteiger partial charge in [-0.25, -0.2) is 0 Å². The summed E-state index contributed by atoms with van der Waals surface area (Å²) in [4.78, 5) is 0. The first-order valence-corrected chi connectivity index (χ1v) is 7.61. The van der Waals surface area contributed by atoms with Crippen LogP contribution in [0.2, 0.25) is 0 Å². The molecular weight excluding hydrogens is 218 g/mol. The van der Waals surface area contributed by atoms with Gasteiger partial charge in [0.15, 0.2) is 0 Å². The molecule has 98 valence electrons. The van der Waals surface area contributed by atoms with Gasteiger partial charge in [0.2, 0.25) is 0 Å². The molecule has 1 heteroatoms. The average Bonchev–Trinajstić information content (AvgIpc) is 2.41. The van der Waals surface area contributed by atoms with Gasteiger partial charge in [-0.15, -0.1) is 0 Å². The smallest absolute Gasteiger partial charge is 0.0408 e. The van der Waals surface area contributed by atoms with Gasteiger partial charge in [-0.3, -0.25) is 0 Å². The fourth-order valence-electron chi connectivity index (χ4n) is 3.71. The van der Waals surface area contributed by atoms with Crippen molar-refractivity contribution in [2.75, 3.05) is 11.9 Å². The van der Waals surface area contributed by atoms with E-state index >= 15 is 0 Å². The molecule has 1 aromatic rings. The van der Waals surface area contributed by atoms with Crippen LogP contribution in [0, 0.1) is 11.8 Å². The molecule has 0 spiro atoms. The van der Waals surface area contributed by atoms with Crippen LogP contribution in [0.25, 0.3) is 0 Å². The number of anilines is 1. The Balaban J connectivity index is 1.88. The fraction of sp³-hybridized carbons (Fsp3) is 0.647. The number of benzene rings is 1. The van der Waals surface area contributed by atoms with Crippen LogP contribution >= 0.6 is 0 Å². The first kappa shape index (κ1) is 12.1. The van der Waals surface area contributed by atoms with Crippen molar-refractivity contribution < 1.29 is 0 Å².